The van der Waals surface area contributed by atoms with Crippen molar-refractivity contribution in [3.63, 3.8) is 0 Å². The first-order valence-electron chi connectivity index (χ1n) is 14.5. The molecule has 0 saturated carbocycles. The minimum Gasteiger partial charge on any atom is -0.618 e. The number of aliphatic hydroxyl groups excluding tert-OH is 1. The van der Waals surface area contributed by atoms with Gasteiger partial charge in [-0.2, -0.15) is 4.73 Å². The zero-order valence-electron chi connectivity index (χ0n) is 24.5. The van der Waals surface area contributed by atoms with Gasteiger partial charge in [-0.15, -0.1) is 0 Å². The quantitative estimate of drug-likeness (QED) is 0.0865. The van der Waals surface area contributed by atoms with Crippen LogP contribution in [0.5, 0.6) is 0 Å². The first-order valence-corrected chi connectivity index (χ1v) is 15.5. The van der Waals surface area contributed by atoms with E-state index in [-0.39, 0.29) is 31.3 Å². The Morgan fingerprint density at radius 2 is 1.75 bits per heavy atom. The zero-order chi connectivity index (χ0) is 30.9. The maximum absolute atomic E-state index is 12.3. The van der Waals surface area contributed by atoms with Gasteiger partial charge in [0, 0.05) is 35.9 Å². The number of nitrogens with one attached hydrogen (secondary N) is 1. The van der Waals surface area contributed by atoms with Crippen molar-refractivity contribution >= 4 is 17.9 Å². The highest BCUT2D eigenvalue weighted by molar-refractivity contribution is 7.99. The molecule has 5 rings (SSSR count). The molecule has 1 saturated heterocycles. The summed E-state index contributed by atoms with van der Waals surface area (Å²) in [7, 11) is 0. The number of amides is 1. The van der Waals surface area contributed by atoms with Crippen LogP contribution in [0.4, 0.5) is 4.79 Å². The molecule has 2 heterocycles. The molecule has 228 valence electrons. The molecule has 0 radical (unpaired) electrons. The lowest BCUT2D eigenvalue weighted by molar-refractivity contribution is -0.645. The Morgan fingerprint density at radius 3 is 2.48 bits per heavy atom. The van der Waals surface area contributed by atoms with Crippen LogP contribution in [0.2, 0.25) is 0 Å². The second-order valence-electron chi connectivity index (χ2n) is 10.5. The number of carbonyl (C=O) groups excluding carboxylic acids is 1. The van der Waals surface area contributed by atoms with Crippen molar-refractivity contribution in [2.45, 2.75) is 43.6 Å². The maximum Gasteiger partial charge on any atom is 0.407 e. The van der Waals surface area contributed by atoms with Crippen LogP contribution < -0.4 is 10.0 Å². The minimum atomic E-state index is -0.625. The zero-order valence-corrected chi connectivity index (χ0v) is 25.3. The van der Waals surface area contributed by atoms with Gasteiger partial charge in [-0.1, -0.05) is 104 Å². The lowest BCUT2D eigenvalue weighted by atomic mass is 9.91. The van der Waals surface area contributed by atoms with E-state index in [0.29, 0.717) is 17.3 Å². The summed E-state index contributed by atoms with van der Waals surface area (Å²) in [5.74, 6) is 0.575. The topological polar surface area (TPSA) is 104 Å². The molecule has 1 aliphatic rings. The lowest BCUT2D eigenvalue weighted by Crippen LogP contribution is -2.39. The number of rotatable bonds is 11. The predicted octanol–water partition coefficient (Wildman–Crippen LogP) is 6.48. The third kappa shape index (κ3) is 7.67. The van der Waals surface area contributed by atoms with Crippen LogP contribution in [0, 0.1) is 11.1 Å². The standard InChI is InChI=1S/C35H36N2O6S/c1-3-20-41-35(39)36-21-29-8-4-5-9-30(29)26-15-17-28(18-16-26)34-42-31(23-44-32-10-6-7-19-37(32)40)24(2)33(43-34)27-13-11-25(22-38)12-14-27/h3-19,24,31,33-34,38H,1,20-23H2,2H3,(H,36,39)/t24-,31+,33+,34+/m1/s1. The van der Waals surface area contributed by atoms with Gasteiger partial charge in [0.15, 0.2) is 12.5 Å². The fourth-order valence-corrected chi connectivity index (χ4v) is 6.21. The fourth-order valence-electron chi connectivity index (χ4n) is 5.13. The number of nitrogens with zero attached hydrogens (tertiary/aromatic N) is 1. The van der Waals surface area contributed by atoms with E-state index in [1.165, 1.54) is 24.0 Å². The van der Waals surface area contributed by atoms with Crippen LogP contribution in [-0.4, -0.2) is 29.7 Å². The summed E-state index contributed by atoms with van der Waals surface area (Å²) in [6, 6.07) is 29.1. The maximum atomic E-state index is 12.3. The molecule has 1 aliphatic heterocycles. The summed E-state index contributed by atoms with van der Waals surface area (Å²) >= 11 is 1.46. The molecule has 4 atom stereocenters. The Bertz CT molecular complexity index is 1550. The fraction of sp³-hybridized carbons (Fsp3) is 0.257. The molecule has 0 bridgehead atoms. The van der Waals surface area contributed by atoms with Gasteiger partial charge in [-0.05, 0) is 33.9 Å². The highest BCUT2D eigenvalue weighted by Gasteiger charge is 2.38. The number of carbonyl (C=O) groups is 1. The third-order valence-electron chi connectivity index (χ3n) is 7.57. The molecule has 4 aromatic rings. The molecular formula is C35H36N2O6S. The van der Waals surface area contributed by atoms with Crippen LogP contribution in [-0.2, 0) is 27.4 Å². The Labute approximate surface area is 261 Å². The number of benzene rings is 3. The molecule has 44 heavy (non-hydrogen) atoms. The van der Waals surface area contributed by atoms with Gasteiger partial charge in [0.25, 0.3) is 5.03 Å². The monoisotopic (exact) mass is 612 g/mol. The number of hydrogen-bond acceptors (Lipinski definition) is 7. The van der Waals surface area contributed by atoms with Crippen LogP contribution in [0.1, 0.15) is 41.6 Å². The van der Waals surface area contributed by atoms with Crippen LogP contribution in [0.25, 0.3) is 11.1 Å². The molecular weight excluding hydrogens is 576 g/mol. The van der Waals surface area contributed by atoms with E-state index >= 15 is 0 Å². The summed E-state index contributed by atoms with van der Waals surface area (Å²) in [6.07, 6.45) is 1.44. The van der Waals surface area contributed by atoms with Gasteiger partial charge in [0.05, 0.1) is 18.8 Å². The molecule has 9 heteroatoms. The number of aliphatic hydroxyl groups is 1. The number of ether oxygens (including phenoxy) is 3. The summed E-state index contributed by atoms with van der Waals surface area (Å²) in [5.41, 5.74) is 5.64. The number of pyridine rings is 1. The normalized spacial score (nSPS) is 19.7. The van der Waals surface area contributed by atoms with Crippen molar-refractivity contribution in [2.75, 3.05) is 12.4 Å². The van der Waals surface area contributed by atoms with Gasteiger partial charge in [-0.3, -0.25) is 0 Å². The number of alkyl carbamates (subject to hydrolysis) is 1. The Kier molecular flexibility index (Phi) is 10.7. The van der Waals surface area contributed by atoms with Gasteiger partial charge in [0.2, 0.25) is 0 Å². The predicted molar refractivity (Wildman–Crippen MR) is 169 cm³/mol. The second kappa shape index (κ2) is 15.0. The van der Waals surface area contributed by atoms with Crippen LogP contribution >= 0.6 is 11.8 Å². The van der Waals surface area contributed by atoms with Crippen molar-refractivity contribution in [1.29, 1.82) is 0 Å². The van der Waals surface area contributed by atoms with E-state index in [1.54, 1.807) is 12.1 Å². The van der Waals surface area contributed by atoms with Crippen molar-refractivity contribution in [3.05, 3.63) is 137 Å². The number of thioether (sulfide) groups is 1. The van der Waals surface area contributed by atoms with E-state index in [1.807, 2.05) is 78.9 Å². The summed E-state index contributed by atoms with van der Waals surface area (Å²) in [6.45, 7) is 6.11. The number of aromatic nitrogens is 1. The van der Waals surface area contributed by atoms with E-state index in [0.717, 1.165) is 38.1 Å². The minimum absolute atomic E-state index is 0.000592. The molecule has 3 aromatic carbocycles. The summed E-state index contributed by atoms with van der Waals surface area (Å²) in [4.78, 5) is 12.0. The molecule has 0 spiro atoms. The van der Waals surface area contributed by atoms with Gasteiger partial charge >= 0.3 is 6.09 Å². The van der Waals surface area contributed by atoms with Gasteiger partial charge in [0.1, 0.15) is 6.61 Å². The summed E-state index contributed by atoms with van der Waals surface area (Å²) < 4.78 is 19.0. The van der Waals surface area contributed by atoms with Gasteiger partial charge in [-0.25, -0.2) is 4.79 Å². The van der Waals surface area contributed by atoms with Gasteiger partial charge < -0.3 is 29.8 Å². The highest BCUT2D eigenvalue weighted by atomic mass is 32.2. The molecule has 0 unspecified atom stereocenters. The molecule has 0 aliphatic carbocycles. The second-order valence-corrected chi connectivity index (χ2v) is 11.6. The summed E-state index contributed by atoms with van der Waals surface area (Å²) in [5, 5.41) is 25.2. The van der Waals surface area contributed by atoms with E-state index < -0.39 is 12.4 Å². The SMILES string of the molecule is C=CCOC(=O)NCc1ccccc1-c1ccc([C@H]2O[C@@H](CSc3cccc[n+]3[O-])[C@@H](C)[C@@H](c3ccc(CO)cc3)O2)cc1. The Balaban J connectivity index is 1.36. The number of hydrogen-bond donors (Lipinski definition) is 2. The van der Waals surface area contributed by atoms with Crippen molar-refractivity contribution in [1.82, 2.24) is 5.32 Å². The first kappa shape index (κ1) is 31.3. The largest absolute Gasteiger partial charge is 0.618 e. The molecule has 1 fully saturated rings. The van der Waals surface area contributed by atoms with E-state index in [4.69, 9.17) is 14.2 Å². The molecule has 2 N–H and O–H groups in total. The smallest absolute Gasteiger partial charge is 0.407 e. The van der Waals surface area contributed by atoms with E-state index in [9.17, 15) is 15.1 Å². The van der Waals surface area contributed by atoms with Crippen molar-refractivity contribution in [2.24, 2.45) is 5.92 Å². The average Bonchev–Trinajstić information content (AvgIpc) is 3.07. The third-order valence-corrected chi connectivity index (χ3v) is 8.68. The van der Waals surface area contributed by atoms with Crippen molar-refractivity contribution < 1.29 is 28.8 Å². The molecule has 8 nitrogen and oxygen atoms in total. The average molecular weight is 613 g/mol. The highest BCUT2D eigenvalue weighted by Crippen LogP contribution is 2.43. The van der Waals surface area contributed by atoms with Crippen LogP contribution in [0.3, 0.4) is 0 Å². The molecule has 1 aromatic heterocycles. The Morgan fingerprint density at radius 1 is 1.02 bits per heavy atom. The lowest BCUT2D eigenvalue weighted by Gasteiger charge is -2.41. The first-order chi connectivity index (χ1) is 21.5. The Hall–Kier alpha value is -4.15. The van der Waals surface area contributed by atoms with Crippen molar-refractivity contribution in [3.8, 4) is 11.1 Å². The molecule has 1 amide bonds. The van der Waals surface area contributed by atoms with E-state index in [2.05, 4.69) is 18.8 Å². The van der Waals surface area contributed by atoms with Crippen LogP contribution in [0.15, 0.2) is 115 Å².